The largest absolute Gasteiger partial charge is 0.357 e. The normalized spacial score (nSPS) is 14.1. The SMILES string of the molecule is CCNC(=NCc1ccc(NC(=O)NC(C)C)cc1)N1CCN(c2ccccn2)CC1.I. The van der Waals surface area contributed by atoms with Crippen molar-refractivity contribution >= 4 is 47.5 Å². The molecule has 0 aliphatic carbocycles. The quantitative estimate of drug-likeness (QED) is 0.291. The van der Waals surface area contributed by atoms with Crippen molar-refractivity contribution in [3.8, 4) is 0 Å². The molecule has 1 aliphatic heterocycles. The Morgan fingerprint density at radius 2 is 1.81 bits per heavy atom. The third-order valence-corrected chi connectivity index (χ3v) is 4.93. The minimum absolute atomic E-state index is 0. The van der Waals surface area contributed by atoms with Crippen molar-refractivity contribution in [2.75, 3.05) is 42.9 Å². The highest BCUT2D eigenvalue weighted by Crippen LogP contribution is 2.14. The van der Waals surface area contributed by atoms with E-state index in [0.717, 1.165) is 55.8 Å². The number of benzene rings is 1. The van der Waals surface area contributed by atoms with Crippen LogP contribution in [0.4, 0.5) is 16.3 Å². The van der Waals surface area contributed by atoms with E-state index in [-0.39, 0.29) is 36.0 Å². The molecular weight excluding hydrogens is 517 g/mol. The molecule has 0 saturated carbocycles. The van der Waals surface area contributed by atoms with Gasteiger partial charge in [-0.3, -0.25) is 0 Å². The lowest BCUT2D eigenvalue weighted by Crippen LogP contribution is -2.52. The predicted octanol–water partition coefficient (Wildman–Crippen LogP) is 3.52. The van der Waals surface area contributed by atoms with Crippen molar-refractivity contribution in [2.45, 2.75) is 33.4 Å². The van der Waals surface area contributed by atoms with Gasteiger partial charge in [0.1, 0.15) is 5.82 Å². The molecule has 0 spiro atoms. The zero-order chi connectivity index (χ0) is 22.1. The molecule has 1 aromatic heterocycles. The first-order chi connectivity index (χ1) is 15.0. The summed E-state index contributed by atoms with van der Waals surface area (Å²) in [6.45, 7) is 11.0. The Kier molecular flexibility index (Phi) is 10.5. The second-order valence-electron chi connectivity index (χ2n) is 7.78. The summed E-state index contributed by atoms with van der Waals surface area (Å²) in [5.74, 6) is 1.96. The molecule has 0 unspecified atom stereocenters. The number of carbonyl (C=O) groups is 1. The van der Waals surface area contributed by atoms with Crippen LogP contribution in [0.1, 0.15) is 26.3 Å². The predicted molar refractivity (Wildman–Crippen MR) is 142 cm³/mol. The third-order valence-electron chi connectivity index (χ3n) is 4.93. The van der Waals surface area contributed by atoms with Gasteiger partial charge in [0.2, 0.25) is 0 Å². The highest BCUT2D eigenvalue weighted by molar-refractivity contribution is 14.0. The number of hydrogen-bond acceptors (Lipinski definition) is 4. The van der Waals surface area contributed by atoms with Crippen LogP contribution in [-0.2, 0) is 6.54 Å². The maximum absolute atomic E-state index is 11.8. The number of aliphatic imine (C=N–C) groups is 1. The number of urea groups is 1. The second-order valence-corrected chi connectivity index (χ2v) is 7.78. The molecule has 1 fully saturated rings. The molecule has 3 rings (SSSR count). The third kappa shape index (κ3) is 7.85. The van der Waals surface area contributed by atoms with Crippen LogP contribution in [-0.4, -0.2) is 60.6 Å². The first-order valence-corrected chi connectivity index (χ1v) is 10.9. The number of aromatic nitrogens is 1. The van der Waals surface area contributed by atoms with E-state index in [1.807, 2.05) is 56.4 Å². The fourth-order valence-corrected chi connectivity index (χ4v) is 3.40. The molecule has 174 valence electrons. The van der Waals surface area contributed by atoms with Gasteiger partial charge in [0.05, 0.1) is 6.54 Å². The Bertz CT molecular complexity index is 850. The Labute approximate surface area is 207 Å². The number of pyridine rings is 1. The van der Waals surface area contributed by atoms with Gasteiger partial charge in [0.25, 0.3) is 0 Å². The lowest BCUT2D eigenvalue weighted by atomic mass is 10.2. The Hall–Kier alpha value is -2.56. The highest BCUT2D eigenvalue weighted by atomic mass is 127. The van der Waals surface area contributed by atoms with Crippen molar-refractivity contribution in [2.24, 2.45) is 4.99 Å². The van der Waals surface area contributed by atoms with E-state index in [0.29, 0.717) is 6.54 Å². The van der Waals surface area contributed by atoms with E-state index in [9.17, 15) is 4.79 Å². The number of piperazine rings is 1. The van der Waals surface area contributed by atoms with Crippen LogP contribution in [0.25, 0.3) is 0 Å². The van der Waals surface area contributed by atoms with Gasteiger partial charge in [-0.2, -0.15) is 0 Å². The number of rotatable bonds is 6. The van der Waals surface area contributed by atoms with Gasteiger partial charge in [0.15, 0.2) is 5.96 Å². The van der Waals surface area contributed by atoms with Gasteiger partial charge < -0.3 is 25.8 Å². The zero-order valence-corrected chi connectivity index (χ0v) is 21.4. The van der Waals surface area contributed by atoms with Crippen LogP contribution in [0.15, 0.2) is 53.7 Å². The molecule has 1 aliphatic rings. The molecule has 1 saturated heterocycles. The summed E-state index contributed by atoms with van der Waals surface area (Å²) in [7, 11) is 0. The van der Waals surface area contributed by atoms with Gasteiger partial charge in [-0.05, 0) is 50.6 Å². The van der Waals surface area contributed by atoms with Crippen LogP contribution in [0, 0.1) is 0 Å². The Morgan fingerprint density at radius 3 is 2.41 bits per heavy atom. The van der Waals surface area contributed by atoms with E-state index in [2.05, 4.69) is 43.7 Å². The maximum atomic E-state index is 11.8. The molecule has 0 radical (unpaired) electrons. The average molecular weight is 551 g/mol. The molecule has 8 nitrogen and oxygen atoms in total. The molecule has 3 N–H and O–H groups in total. The number of halogens is 1. The van der Waals surface area contributed by atoms with Crippen LogP contribution < -0.4 is 20.9 Å². The Balaban J connectivity index is 0.00000363. The van der Waals surface area contributed by atoms with Gasteiger partial charge in [-0.15, -0.1) is 24.0 Å². The summed E-state index contributed by atoms with van der Waals surface area (Å²) in [6, 6.07) is 13.7. The van der Waals surface area contributed by atoms with Crippen molar-refractivity contribution in [3.05, 3.63) is 54.2 Å². The van der Waals surface area contributed by atoms with Crippen molar-refractivity contribution in [1.82, 2.24) is 20.5 Å². The number of nitrogens with zero attached hydrogens (tertiary/aromatic N) is 4. The smallest absolute Gasteiger partial charge is 0.319 e. The van der Waals surface area contributed by atoms with E-state index in [4.69, 9.17) is 4.99 Å². The van der Waals surface area contributed by atoms with Crippen LogP contribution >= 0.6 is 24.0 Å². The average Bonchev–Trinajstić information content (AvgIpc) is 2.78. The summed E-state index contributed by atoms with van der Waals surface area (Å²) < 4.78 is 0. The van der Waals surface area contributed by atoms with E-state index in [1.54, 1.807) is 0 Å². The van der Waals surface area contributed by atoms with Gasteiger partial charge in [-0.1, -0.05) is 18.2 Å². The number of nitrogens with one attached hydrogen (secondary N) is 3. The van der Waals surface area contributed by atoms with Crippen LogP contribution in [0.3, 0.4) is 0 Å². The number of carbonyl (C=O) groups excluding carboxylic acids is 1. The molecule has 0 bridgehead atoms. The maximum Gasteiger partial charge on any atom is 0.319 e. The molecule has 1 aromatic carbocycles. The zero-order valence-electron chi connectivity index (χ0n) is 19.0. The van der Waals surface area contributed by atoms with Crippen molar-refractivity contribution in [1.29, 1.82) is 0 Å². The Morgan fingerprint density at radius 1 is 1.09 bits per heavy atom. The molecule has 0 atom stereocenters. The van der Waals surface area contributed by atoms with Crippen molar-refractivity contribution in [3.63, 3.8) is 0 Å². The minimum atomic E-state index is -0.194. The van der Waals surface area contributed by atoms with Gasteiger partial charge in [0, 0.05) is 50.6 Å². The topological polar surface area (TPSA) is 84.9 Å². The van der Waals surface area contributed by atoms with Crippen LogP contribution in [0.5, 0.6) is 0 Å². The molecule has 9 heteroatoms. The number of hydrogen-bond donors (Lipinski definition) is 3. The van der Waals surface area contributed by atoms with E-state index in [1.165, 1.54) is 0 Å². The lowest BCUT2D eigenvalue weighted by molar-refractivity contribution is 0.250. The van der Waals surface area contributed by atoms with E-state index >= 15 is 0 Å². The monoisotopic (exact) mass is 551 g/mol. The fraction of sp³-hybridized carbons (Fsp3) is 0.435. The van der Waals surface area contributed by atoms with Gasteiger partial charge >= 0.3 is 6.03 Å². The number of guanidine groups is 1. The lowest BCUT2D eigenvalue weighted by Gasteiger charge is -2.37. The molecule has 2 heterocycles. The van der Waals surface area contributed by atoms with Crippen LogP contribution in [0.2, 0.25) is 0 Å². The minimum Gasteiger partial charge on any atom is -0.357 e. The standard InChI is InChI=1S/C23H33N7O.HI/c1-4-24-22(30-15-13-29(14-16-30)21-7-5-6-12-25-21)26-17-19-8-10-20(11-9-19)28-23(31)27-18(2)3;/h5-12,18H,4,13-17H2,1-3H3,(H,24,26)(H2,27,28,31);1H. The van der Waals surface area contributed by atoms with E-state index < -0.39 is 0 Å². The summed E-state index contributed by atoms with van der Waals surface area (Å²) in [5.41, 5.74) is 1.86. The first-order valence-electron chi connectivity index (χ1n) is 10.9. The summed E-state index contributed by atoms with van der Waals surface area (Å²) in [6.07, 6.45) is 1.84. The summed E-state index contributed by atoms with van der Waals surface area (Å²) >= 11 is 0. The summed E-state index contributed by atoms with van der Waals surface area (Å²) in [4.78, 5) is 25.7. The molecule has 2 aromatic rings. The fourth-order valence-electron chi connectivity index (χ4n) is 3.40. The number of anilines is 2. The molecule has 2 amide bonds. The highest BCUT2D eigenvalue weighted by Gasteiger charge is 2.20. The van der Waals surface area contributed by atoms with Crippen molar-refractivity contribution < 1.29 is 4.79 Å². The van der Waals surface area contributed by atoms with Gasteiger partial charge in [-0.25, -0.2) is 14.8 Å². The second kappa shape index (κ2) is 13.1. The molecular formula is C23H34IN7O. The first kappa shape index (κ1) is 25.7. The molecule has 32 heavy (non-hydrogen) atoms. The number of amides is 2. The summed E-state index contributed by atoms with van der Waals surface area (Å²) in [5, 5.41) is 9.06.